The van der Waals surface area contributed by atoms with Crippen LogP contribution < -0.4 is 0 Å². The molecule has 3 aliphatic heterocycles. The maximum atomic E-state index is 8.94. The molecular weight excluding hydrogens is 300 g/mol. The van der Waals surface area contributed by atoms with Gasteiger partial charge in [0.25, 0.3) is 0 Å². The monoisotopic (exact) mass is 319 g/mol. The lowest BCUT2D eigenvalue weighted by Gasteiger charge is -2.49. The highest BCUT2D eigenvalue weighted by atomic mass is 17.0. The number of rotatable bonds is 0. The van der Waals surface area contributed by atoms with Crippen molar-refractivity contribution < 1.29 is 52.0 Å². The largest absolute Gasteiger partial charge is 0.582 e. The Labute approximate surface area is 129 Å². The van der Waals surface area contributed by atoms with Crippen LogP contribution in [-0.2, 0) is 27.4 Å². The Morgan fingerprint density at radius 1 is 0.727 bits per heavy atom. The maximum absolute atomic E-state index is 8.94. The first kappa shape index (κ1) is 18.2. The summed E-state index contributed by atoms with van der Waals surface area (Å²) < 4.78 is 27.6. The van der Waals surface area contributed by atoms with Gasteiger partial charge in [0, 0.05) is 12.8 Å². The SMILES string of the molecule is C[N+]1(C)CCCC1.OB1OB(O)O[B-]2(O1)OB(O)OB(O)O2. The molecule has 11 nitrogen and oxygen atoms in total. The Kier molecular flexibility index (Phi) is 5.96. The molecule has 122 valence electrons. The Morgan fingerprint density at radius 2 is 1.05 bits per heavy atom. The van der Waals surface area contributed by atoms with Gasteiger partial charge < -0.3 is 52.0 Å². The second-order valence-electron chi connectivity index (χ2n) is 5.71. The van der Waals surface area contributed by atoms with E-state index in [-0.39, 0.29) is 0 Å². The van der Waals surface area contributed by atoms with Crippen LogP contribution in [-0.4, -0.2) is 88.0 Å². The molecule has 0 bridgehead atoms. The van der Waals surface area contributed by atoms with Crippen molar-refractivity contribution in [2.24, 2.45) is 0 Å². The Hall–Kier alpha value is -0.115. The number of hydrogen-bond donors (Lipinski definition) is 4. The van der Waals surface area contributed by atoms with Gasteiger partial charge in [0.1, 0.15) is 0 Å². The minimum Gasteiger partial charge on any atom is -0.539 e. The van der Waals surface area contributed by atoms with Crippen molar-refractivity contribution in [1.29, 1.82) is 0 Å². The van der Waals surface area contributed by atoms with Gasteiger partial charge in [-0.1, -0.05) is 0 Å². The second kappa shape index (κ2) is 7.19. The van der Waals surface area contributed by atoms with Crippen LogP contribution in [0.15, 0.2) is 0 Å². The molecule has 0 saturated carbocycles. The summed E-state index contributed by atoms with van der Waals surface area (Å²) in [6.45, 7) is -0.433. The normalized spacial score (nSPS) is 27.0. The van der Waals surface area contributed by atoms with Gasteiger partial charge in [-0.05, 0) is 0 Å². The first-order valence-corrected chi connectivity index (χ1v) is 6.89. The molecule has 0 amide bonds. The number of nitrogens with zero attached hydrogens (tertiary/aromatic N) is 1. The molecule has 3 heterocycles. The summed E-state index contributed by atoms with van der Waals surface area (Å²) in [6.07, 6.45) is 2.88. The highest BCUT2D eigenvalue weighted by Gasteiger charge is 2.53. The fourth-order valence-corrected chi connectivity index (χ4v) is 2.28. The molecule has 0 radical (unpaired) electrons. The zero-order valence-corrected chi connectivity index (χ0v) is 12.4. The molecule has 3 rings (SSSR count). The second-order valence-corrected chi connectivity index (χ2v) is 5.71. The van der Waals surface area contributed by atoms with E-state index in [1.165, 1.54) is 30.4 Å². The number of hydrogen-bond acceptors (Lipinski definition) is 10. The minimum absolute atomic E-state index is 1.25. The van der Waals surface area contributed by atoms with E-state index in [1.54, 1.807) is 0 Å². The predicted molar refractivity (Wildman–Crippen MR) is 75.2 cm³/mol. The summed E-state index contributed by atoms with van der Waals surface area (Å²) in [6, 6.07) is 0. The topological polar surface area (TPSA) is 136 Å². The molecule has 0 unspecified atom stereocenters. The van der Waals surface area contributed by atoms with Crippen molar-refractivity contribution in [3.05, 3.63) is 0 Å². The zero-order valence-electron chi connectivity index (χ0n) is 12.4. The first-order chi connectivity index (χ1) is 10.2. The molecule has 3 aliphatic rings. The van der Waals surface area contributed by atoms with Crippen LogP contribution >= 0.6 is 0 Å². The van der Waals surface area contributed by atoms with Crippen molar-refractivity contribution in [3.63, 3.8) is 0 Å². The molecule has 3 saturated heterocycles. The van der Waals surface area contributed by atoms with E-state index in [0.717, 1.165) is 0 Å². The molecule has 0 aromatic carbocycles. The predicted octanol–water partition coefficient (Wildman–Crippen LogP) is -3.69. The molecule has 0 aromatic heterocycles. The summed E-state index contributed by atoms with van der Waals surface area (Å²) in [5.41, 5.74) is 0. The van der Waals surface area contributed by atoms with E-state index < -0.39 is 36.2 Å². The van der Waals surface area contributed by atoms with Crippen LogP contribution in [0.4, 0.5) is 0 Å². The fourth-order valence-electron chi connectivity index (χ4n) is 2.28. The van der Waals surface area contributed by atoms with Crippen LogP contribution in [0, 0.1) is 0 Å². The average molecular weight is 318 g/mol. The van der Waals surface area contributed by atoms with E-state index in [0.29, 0.717) is 0 Å². The molecule has 3 fully saturated rings. The molecular formula is C6H18B5NO10. The Morgan fingerprint density at radius 3 is 1.27 bits per heavy atom. The average Bonchev–Trinajstić information content (AvgIpc) is 2.70. The van der Waals surface area contributed by atoms with Crippen molar-refractivity contribution in [2.75, 3.05) is 27.2 Å². The molecule has 1 spiro atoms. The van der Waals surface area contributed by atoms with Crippen LogP contribution in [0.25, 0.3) is 0 Å². The van der Waals surface area contributed by atoms with E-state index in [1.807, 2.05) is 0 Å². The molecule has 16 heteroatoms. The van der Waals surface area contributed by atoms with Gasteiger partial charge >= 0.3 is 36.2 Å². The van der Waals surface area contributed by atoms with Crippen LogP contribution in [0.3, 0.4) is 0 Å². The lowest BCUT2D eigenvalue weighted by Crippen LogP contribution is -2.69. The van der Waals surface area contributed by atoms with Crippen molar-refractivity contribution in [2.45, 2.75) is 12.8 Å². The quantitative estimate of drug-likeness (QED) is 0.261. The van der Waals surface area contributed by atoms with Crippen LogP contribution in [0.2, 0.25) is 0 Å². The maximum Gasteiger partial charge on any atom is 0.582 e. The minimum atomic E-state index is -3.21. The lowest BCUT2D eigenvalue weighted by atomic mass is 9.84. The Balaban J connectivity index is 0.000000211. The van der Waals surface area contributed by atoms with Gasteiger partial charge in [-0.3, -0.25) is 0 Å². The van der Waals surface area contributed by atoms with Crippen LogP contribution in [0.1, 0.15) is 12.8 Å². The first-order valence-electron chi connectivity index (χ1n) is 6.89. The van der Waals surface area contributed by atoms with E-state index in [9.17, 15) is 0 Å². The van der Waals surface area contributed by atoms with E-state index >= 15 is 0 Å². The van der Waals surface area contributed by atoms with Crippen molar-refractivity contribution in [1.82, 2.24) is 0 Å². The molecule has 0 aliphatic carbocycles. The molecule has 4 N–H and O–H groups in total. The third-order valence-corrected chi connectivity index (χ3v) is 3.37. The third kappa shape index (κ3) is 5.21. The van der Waals surface area contributed by atoms with Gasteiger partial charge in [0.05, 0.1) is 27.2 Å². The van der Waals surface area contributed by atoms with Gasteiger partial charge in [0.2, 0.25) is 0 Å². The van der Waals surface area contributed by atoms with Crippen molar-refractivity contribution in [3.8, 4) is 0 Å². The Bertz CT molecular complexity index is 322. The van der Waals surface area contributed by atoms with E-state index in [4.69, 9.17) is 20.1 Å². The van der Waals surface area contributed by atoms with Crippen LogP contribution in [0.5, 0.6) is 0 Å². The standard InChI is InChI=1S/C6H14N.B5H4O10/c1-7(2)5-3-4-6-7;6-1-10-2(7)13-5(12-1)14-3(8)11-4(9)15-5/h3-6H2,1-2H3;6-9H/q+1;-1. The summed E-state index contributed by atoms with van der Waals surface area (Å²) in [5, 5.41) is 35.7. The highest BCUT2D eigenvalue weighted by molar-refractivity contribution is 6.81. The number of quaternary nitrogens is 1. The molecule has 0 atom stereocenters. The summed E-state index contributed by atoms with van der Waals surface area (Å²) in [7, 11) is -2.99. The smallest absolute Gasteiger partial charge is 0.539 e. The lowest BCUT2D eigenvalue weighted by molar-refractivity contribution is -0.877. The van der Waals surface area contributed by atoms with Gasteiger partial charge in [0.15, 0.2) is 0 Å². The van der Waals surface area contributed by atoms with Gasteiger partial charge in [-0.25, -0.2) is 0 Å². The fraction of sp³-hybridized carbons (Fsp3) is 1.00. The van der Waals surface area contributed by atoms with Crippen molar-refractivity contribution >= 4 is 36.2 Å². The third-order valence-electron chi connectivity index (χ3n) is 3.37. The summed E-state index contributed by atoms with van der Waals surface area (Å²) in [5.74, 6) is 0. The highest BCUT2D eigenvalue weighted by Crippen LogP contribution is 2.23. The summed E-state index contributed by atoms with van der Waals surface area (Å²) >= 11 is 0. The summed E-state index contributed by atoms with van der Waals surface area (Å²) in [4.78, 5) is 0. The van der Waals surface area contributed by atoms with Gasteiger partial charge in [-0.2, -0.15) is 0 Å². The van der Waals surface area contributed by atoms with E-state index in [2.05, 4.69) is 41.5 Å². The zero-order chi connectivity index (χ0) is 16.4. The van der Waals surface area contributed by atoms with Gasteiger partial charge in [-0.15, -0.1) is 0 Å². The number of likely N-dealkylation sites (tertiary alicyclic amines) is 1. The molecule has 22 heavy (non-hydrogen) atoms. The molecule has 0 aromatic rings.